The van der Waals surface area contributed by atoms with Crippen LogP contribution in [0.2, 0.25) is 0 Å². The molecule has 0 fully saturated rings. The fourth-order valence-corrected chi connectivity index (χ4v) is 3.09. The maximum atomic E-state index is 12.4. The molecule has 0 aliphatic heterocycles. The van der Waals surface area contributed by atoms with Gasteiger partial charge in [-0.25, -0.2) is 4.79 Å². The summed E-state index contributed by atoms with van der Waals surface area (Å²) in [6.07, 6.45) is 2.92. The van der Waals surface area contributed by atoms with E-state index < -0.39 is 0 Å². The smallest absolute Gasteiger partial charge is 0.373 e. The van der Waals surface area contributed by atoms with Crippen molar-refractivity contribution in [1.29, 1.82) is 0 Å². The molecule has 4 nitrogen and oxygen atoms in total. The van der Waals surface area contributed by atoms with Gasteiger partial charge in [0.05, 0.1) is 0 Å². The van der Waals surface area contributed by atoms with Crippen LogP contribution < -0.4 is 4.74 Å². The minimum absolute atomic E-state index is 0.156. The van der Waals surface area contributed by atoms with Crippen molar-refractivity contribution in [3.8, 4) is 5.75 Å². The van der Waals surface area contributed by atoms with Crippen molar-refractivity contribution >= 4 is 28.0 Å². The third-order valence-electron chi connectivity index (χ3n) is 4.51. The number of hydrogen-bond acceptors (Lipinski definition) is 4. The van der Waals surface area contributed by atoms with Gasteiger partial charge in [0.15, 0.2) is 0 Å². The Bertz CT molecular complexity index is 704. The number of aromatic nitrogens is 1. The largest absolute Gasteiger partial charge is 0.418 e. The summed E-state index contributed by atoms with van der Waals surface area (Å²) in [5, 5.41) is 0.761. The first-order valence-electron chi connectivity index (χ1n) is 8.35. The van der Waals surface area contributed by atoms with Crippen LogP contribution >= 0.6 is 11.8 Å². The maximum Gasteiger partial charge on any atom is 0.373 e. The van der Waals surface area contributed by atoms with E-state index in [2.05, 4.69) is 51.7 Å². The fraction of sp³-hybridized carbons (Fsp3) is 0.526. The molecule has 0 bridgehead atoms. The van der Waals surface area contributed by atoms with Crippen LogP contribution in [0.4, 0.5) is 4.79 Å². The van der Waals surface area contributed by atoms with Gasteiger partial charge in [0.1, 0.15) is 5.75 Å². The molecule has 0 aliphatic rings. The van der Waals surface area contributed by atoms with E-state index in [1.807, 2.05) is 24.4 Å². The van der Waals surface area contributed by atoms with Crippen molar-refractivity contribution in [3.05, 3.63) is 30.0 Å². The first kappa shape index (κ1) is 18.9. The van der Waals surface area contributed by atoms with Gasteiger partial charge in [-0.2, -0.15) is 0 Å². The molecule has 0 aliphatic carbocycles. The van der Waals surface area contributed by atoms with E-state index >= 15 is 0 Å². The molecule has 1 heterocycles. The van der Waals surface area contributed by atoms with Gasteiger partial charge in [-0.3, -0.25) is 0 Å². The summed E-state index contributed by atoms with van der Waals surface area (Å²) in [5.74, 6) is 1.02. The number of hydrogen-bond donors (Lipinski definition) is 1. The number of thioether (sulfide) groups is 1. The molecule has 0 saturated carbocycles. The van der Waals surface area contributed by atoms with Crippen molar-refractivity contribution in [2.45, 2.75) is 38.9 Å². The zero-order chi connectivity index (χ0) is 17.9. The number of likely N-dealkylation sites (N-methyl/N-ethyl adjacent to an activating group) is 1. The Kier molecular flexibility index (Phi) is 5.99. The van der Waals surface area contributed by atoms with Crippen molar-refractivity contribution in [3.63, 3.8) is 0 Å². The minimum Gasteiger partial charge on any atom is -0.418 e. The highest BCUT2D eigenvalue weighted by Crippen LogP contribution is 2.35. The number of aromatic amines is 1. The van der Waals surface area contributed by atoms with E-state index in [0.29, 0.717) is 11.7 Å². The van der Waals surface area contributed by atoms with Gasteiger partial charge in [0.25, 0.3) is 0 Å². The molecule has 24 heavy (non-hydrogen) atoms. The molecular formula is C19H28N2O2S. The molecule has 5 heteroatoms. The van der Waals surface area contributed by atoms with Crippen LogP contribution in [0.1, 0.15) is 33.3 Å². The zero-order valence-electron chi connectivity index (χ0n) is 15.5. The molecule has 2 rings (SSSR count). The lowest BCUT2D eigenvalue weighted by molar-refractivity contribution is 0.227. The SMILES string of the molecule is CC(C)C(C)(C)SC(=O)Oc1cccc2[nH]cc(CCN(C)C)c12. The number of nitrogens with one attached hydrogen (secondary N) is 1. The Morgan fingerprint density at radius 1 is 1.33 bits per heavy atom. The van der Waals surface area contributed by atoms with Crippen molar-refractivity contribution in [1.82, 2.24) is 9.88 Å². The molecule has 1 aromatic carbocycles. The minimum atomic E-state index is -0.249. The van der Waals surface area contributed by atoms with Crippen LogP contribution in [0, 0.1) is 5.92 Å². The van der Waals surface area contributed by atoms with E-state index in [9.17, 15) is 4.79 Å². The summed E-state index contributed by atoms with van der Waals surface area (Å²) in [7, 11) is 4.11. The highest BCUT2D eigenvalue weighted by molar-refractivity contribution is 8.14. The van der Waals surface area contributed by atoms with Gasteiger partial charge in [-0.05, 0) is 69.7 Å². The van der Waals surface area contributed by atoms with E-state index in [0.717, 1.165) is 23.9 Å². The molecule has 132 valence electrons. The average Bonchev–Trinajstić information content (AvgIpc) is 2.88. The molecule has 2 aromatic rings. The molecule has 1 N–H and O–H groups in total. The van der Waals surface area contributed by atoms with Crippen molar-refractivity contribution in [2.75, 3.05) is 20.6 Å². The highest BCUT2D eigenvalue weighted by Gasteiger charge is 2.28. The van der Waals surface area contributed by atoms with E-state index in [1.165, 1.54) is 17.3 Å². The number of rotatable bonds is 6. The molecule has 0 saturated heterocycles. The van der Waals surface area contributed by atoms with Gasteiger partial charge in [0, 0.05) is 28.4 Å². The number of H-pyrrole nitrogens is 1. The summed E-state index contributed by atoms with van der Waals surface area (Å²) in [5.41, 5.74) is 2.18. The van der Waals surface area contributed by atoms with Gasteiger partial charge < -0.3 is 14.6 Å². The normalized spacial score (nSPS) is 12.3. The first-order chi connectivity index (χ1) is 11.2. The number of fused-ring (bicyclic) bond motifs is 1. The molecule has 1 aromatic heterocycles. The van der Waals surface area contributed by atoms with E-state index in [1.54, 1.807) is 0 Å². The quantitative estimate of drug-likeness (QED) is 0.751. The maximum absolute atomic E-state index is 12.4. The lowest BCUT2D eigenvalue weighted by atomic mass is 10.00. The third-order valence-corrected chi connectivity index (χ3v) is 5.76. The molecule has 0 radical (unpaired) electrons. The lowest BCUT2D eigenvalue weighted by Gasteiger charge is -2.26. The number of ether oxygens (including phenoxy) is 1. The Balaban J connectivity index is 2.22. The zero-order valence-corrected chi connectivity index (χ0v) is 16.3. The van der Waals surface area contributed by atoms with E-state index in [-0.39, 0.29) is 10.0 Å². The first-order valence-corrected chi connectivity index (χ1v) is 9.17. The fourth-order valence-electron chi connectivity index (χ4n) is 2.29. The summed E-state index contributed by atoms with van der Waals surface area (Å²) >= 11 is 1.26. The number of carbonyl (C=O) groups excluding carboxylic acids is 1. The number of carbonyl (C=O) groups is 1. The van der Waals surface area contributed by atoms with Crippen LogP contribution in [0.25, 0.3) is 10.9 Å². The molecule has 0 spiro atoms. The van der Waals surface area contributed by atoms with Gasteiger partial charge in [-0.15, -0.1) is 0 Å². The Morgan fingerprint density at radius 2 is 2.04 bits per heavy atom. The summed E-state index contributed by atoms with van der Waals surface area (Å²) in [6, 6.07) is 5.79. The third kappa shape index (κ3) is 4.54. The van der Waals surface area contributed by atoms with Crippen molar-refractivity contribution < 1.29 is 9.53 Å². The molecule has 0 unspecified atom stereocenters. The molecule has 0 amide bonds. The number of nitrogens with zero attached hydrogens (tertiary/aromatic N) is 1. The van der Waals surface area contributed by atoms with Gasteiger partial charge in [0.2, 0.25) is 0 Å². The topological polar surface area (TPSA) is 45.3 Å². The van der Waals surface area contributed by atoms with Crippen LogP contribution in [-0.4, -0.2) is 40.6 Å². The predicted octanol–water partition coefficient (Wildman–Crippen LogP) is 4.94. The monoisotopic (exact) mass is 348 g/mol. The Labute approximate surface area is 148 Å². The van der Waals surface area contributed by atoms with Crippen LogP contribution in [0.15, 0.2) is 24.4 Å². The molecular weight excluding hydrogens is 320 g/mol. The number of benzene rings is 1. The molecule has 0 atom stereocenters. The summed E-state index contributed by atoms with van der Waals surface area (Å²) in [4.78, 5) is 17.8. The summed E-state index contributed by atoms with van der Waals surface area (Å²) < 4.78 is 5.55. The standard InChI is InChI=1S/C19H28N2O2S/c1-13(2)19(3,4)24-18(22)23-16-9-7-8-15-17(16)14(12-20-15)10-11-21(5)6/h7-9,12-13,20H,10-11H2,1-6H3. The second-order valence-corrected chi connectivity index (χ2v) is 8.85. The summed E-state index contributed by atoms with van der Waals surface area (Å²) in [6.45, 7) is 9.33. The second kappa shape index (κ2) is 7.62. The predicted molar refractivity (Wildman–Crippen MR) is 103 cm³/mol. The Morgan fingerprint density at radius 3 is 2.67 bits per heavy atom. The van der Waals surface area contributed by atoms with Crippen LogP contribution in [0.5, 0.6) is 5.75 Å². The second-order valence-electron chi connectivity index (χ2n) is 7.26. The van der Waals surface area contributed by atoms with E-state index in [4.69, 9.17) is 4.74 Å². The van der Waals surface area contributed by atoms with Crippen molar-refractivity contribution in [2.24, 2.45) is 5.92 Å². The highest BCUT2D eigenvalue weighted by atomic mass is 32.2. The van der Waals surface area contributed by atoms with Crippen LogP contribution in [-0.2, 0) is 6.42 Å². The van der Waals surface area contributed by atoms with Gasteiger partial charge in [-0.1, -0.05) is 19.9 Å². The average molecular weight is 349 g/mol. The lowest BCUT2D eigenvalue weighted by Crippen LogP contribution is -2.25. The Hall–Kier alpha value is -1.46. The van der Waals surface area contributed by atoms with Crippen LogP contribution in [0.3, 0.4) is 0 Å². The van der Waals surface area contributed by atoms with Gasteiger partial charge >= 0.3 is 5.30 Å².